The topological polar surface area (TPSA) is 51.2 Å². The van der Waals surface area contributed by atoms with E-state index in [1.54, 1.807) is 42.7 Å². The number of thiazole rings is 1. The van der Waals surface area contributed by atoms with Crippen molar-refractivity contribution >= 4 is 32.5 Å². The van der Waals surface area contributed by atoms with E-state index in [1.807, 2.05) is 24.3 Å². The highest BCUT2D eigenvalue weighted by Gasteiger charge is 2.08. The van der Waals surface area contributed by atoms with E-state index in [1.165, 1.54) is 0 Å². The van der Waals surface area contributed by atoms with Gasteiger partial charge in [-0.3, -0.25) is 4.79 Å². The highest BCUT2D eigenvalue weighted by Crippen LogP contribution is 2.25. The lowest BCUT2D eigenvalue weighted by Gasteiger charge is -2.03. The minimum Gasteiger partial charge on any atom is -0.497 e. The number of ether oxygens (including phenoxy) is 1. The van der Waals surface area contributed by atoms with Gasteiger partial charge in [-0.2, -0.15) is 0 Å². The quantitative estimate of drug-likeness (QED) is 0.731. The van der Waals surface area contributed by atoms with Gasteiger partial charge >= 0.3 is 0 Å². The molecule has 21 heavy (non-hydrogen) atoms. The predicted molar refractivity (Wildman–Crippen MR) is 85.4 cm³/mol. The van der Waals surface area contributed by atoms with Crippen LogP contribution in [0.1, 0.15) is 10.4 Å². The minimum absolute atomic E-state index is 0.0249. The number of carbonyl (C=O) groups excluding carboxylic acids is 1. The van der Waals surface area contributed by atoms with Crippen molar-refractivity contribution < 1.29 is 9.53 Å². The second-order valence-electron chi connectivity index (χ2n) is 4.49. The lowest BCUT2D eigenvalue weighted by Crippen LogP contribution is -2.13. The number of aromatic nitrogens is 1. The normalized spacial score (nSPS) is 10.5. The van der Waals surface area contributed by atoms with Gasteiger partial charge in [0.05, 0.1) is 23.9 Å². The molecule has 0 fully saturated rings. The molecule has 106 valence electrons. The second kappa shape index (κ2) is 5.93. The Balaban J connectivity index is 1.67. The SMILES string of the molecule is COc1ccc(C(=O)CNc2nc3ccccc3s2)cc1. The Morgan fingerprint density at radius 3 is 2.67 bits per heavy atom. The van der Waals surface area contributed by atoms with Gasteiger partial charge in [0.2, 0.25) is 0 Å². The fraction of sp³-hybridized carbons (Fsp3) is 0.125. The number of anilines is 1. The Bertz CT molecular complexity index is 732. The third kappa shape index (κ3) is 3.03. The summed E-state index contributed by atoms with van der Waals surface area (Å²) in [6.07, 6.45) is 0. The van der Waals surface area contributed by atoms with Gasteiger partial charge in [0, 0.05) is 5.56 Å². The zero-order valence-corrected chi connectivity index (χ0v) is 12.3. The van der Waals surface area contributed by atoms with Crippen molar-refractivity contribution in [2.24, 2.45) is 0 Å². The average Bonchev–Trinajstić information content (AvgIpc) is 2.95. The Kier molecular flexibility index (Phi) is 3.83. The van der Waals surface area contributed by atoms with E-state index in [0.717, 1.165) is 21.1 Å². The van der Waals surface area contributed by atoms with Crippen LogP contribution in [-0.2, 0) is 0 Å². The molecule has 0 aliphatic rings. The Morgan fingerprint density at radius 1 is 1.19 bits per heavy atom. The third-order valence-corrected chi connectivity index (χ3v) is 4.10. The summed E-state index contributed by atoms with van der Waals surface area (Å²) in [6, 6.07) is 15.0. The van der Waals surface area contributed by atoms with Crippen LogP contribution >= 0.6 is 11.3 Å². The first kappa shape index (κ1) is 13.6. The summed E-state index contributed by atoms with van der Waals surface area (Å²) in [5.41, 5.74) is 1.60. The molecule has 0 saturated heterocycles. The number of hydrogen-bond acceptors (Lipinski definition) is 5. The summed E-state index contributed by atoms with van der Waals surface area (Å²) < 4.78 is 6.18. The number of benzene rings is 2. The average molecular weight is 298 g/mol. The zero-order chi connectivity index (χ0) is 14.7. The molecule has 0 saturated carbocycles. The first-order chi connectivity index (χ1) is 10.3. The second-order valence-corrected chi connectivity index (χ2v) is 5.52. The first-order valence-corrected chi connectivity index (χ1v) is 7.34. The van der Waals surface area contributed by atoms with Crippen molar-refractivity contribution in [2.75, 3.05) is 19.0 Å². The Morgan fingerprint density at radius 2 is 1.95 bits per heavy atom. The molecule has 1 aromatic heterocycles. The van der Waals surface area contributed by atoms with Gasteiger partial charge < -0.3 is 10.1 Å². The number of Topliss-reactive ketones (excluding diaryl/α,β-unsaturated/α-hetero) is 1. The molecule has 1 heterocycles. The lowest BCUT2D eigenvalue weighted by atomic mass is 10.1. The van der Waals surface area contributed by atoms with Crippen molar-refractivity contribution in [2.45, 2.75) is 0 Å². The lowest BCUT2D eigenvalue weighted by molar-refractivity contribution is 0.101. The van der Waals surface area contributed by atoms with Crippen molar-refractivity contribution in [1.82, 2.24) is 4.98 Å². The number of carbonyl (C=O) groups is 1. The number of para-hydroxylation sites is 1. The van der Waals surface area contributed by atoms with E-state index in [-0.39, 0.29) is 12.3 Å². The van der Waals surface area contributed by atoms with Crippen LogP contribution < -0.4 is 10.1 Å². The van der Waals surface area contributed by atoms with Gasteiger partial charge in [0.25, 0.3) is 0 Å². The van der Waals surface area contributed by atoms with Crippen LogP contribution in [-0.4, -0.2) is 24.4 Å². The monoisotopic (exact) mass is 298 g/mol. The van der Waals surface area contributed by atoms with Crippen LogP contribution in [0.5, 0.6) is 5.75 Å². The van der Waals surface area contributed by atoms with Crippen LogP contribution in [0.25, 0.3) is 10.2 Å². The molecule has 2 aromatic carbocycles. The highest BCUT2D eigenvalue weighted by molar-refractivity contribution is 7.22. The molecule has 0 aliphatic carbocycles. The summed E-state index contributed by atoms with van der Waals surface area (Å²) in [7, 11) is 1.60. The smallest absolute Gasteiger partial charge is 0.184 e. The molecule has 0 unspecified atom stereocenters. The van der Waals surface area contributed by atoms with Crippen LogP contribution in [0.4, 0.5) is 5.13 Å². The minimum atomic E-state index is 0.0249. The van der Waals surface area contributed by atoms with E-state index >= 15 is 0 Å². The number of rotatable bonds is 5. The van der Waals surface area contributed by atoms with E-state index in [0.29, 0.717) is 5.56 Å². The van der Waals surface area contributed by atoms with E-state index < -0.39 is 0 Å². The number of hydrogen-bond donors (Lipinski definition) is 1. The molecule has 1 N–H and O–H groups in total. The molecule has 0 spiro atoms. The summed E-state index contributed by atoms with van der Waals surface area (Å²) >= 11 is 1.55. The van der Waals surface area contributed by atoms with Gasteiger partial charge in [0.1, 0.15) is 5.75 Å². The Hall–Kier alpha value is -2.40. The molecular weight excluding hydrogens is 284 g/mol. The maximum atomic E-state index is 12.1. The largest absolute Gasteiger partial charge is 0.497 e. The molecule has 0 atom stereocenters. The van der Waals surface area contributed by atoms with Crippen molar-refractivity contribution in [3.63, 3.8) is 0 Å². The highest BCUT2D eigenvalue weighted by atomic mass is 32.1. The third-order valence-electron chi connectivity index (χ3n) is 3.11. The van der Waals surface area contributed by atoms with Crippen LogP contribution in [0.3, 0.4) is 0 Å². The van der Waals surface area contributed by atoms with Crippen LogP contribution in [0.15, 0.2) is 48.5 Å². The molecule has 0 amide bonds. The predicted octanol–water partition coefficient (Wildman–Crippen LogP) is 3.60. The summed E-state index contributed by atoms with van der Waals surface area (Å²) in [4.78, 5) is 16.5. The number of ketones is 1. The molecule has 0 aliphatic heterocycles. The van der Waals surface area contributed by atoms with Crippen molar-refractivity contribution in [3.05, 3.63) is 54.1 Å². The first-order valence-electron chi connectivity index (χ1n) is 6.53. The molecule has 0 radical (unpaired) electrons. The van der Waals surface area contributed by atoms with Crippen LogP contribution in [0, 0.1) is 0 Å². The van der Waals surface area contributed by atoms with Crippen LogP contribution in [0.2, 0.25) is 0 Å². The number of fused-ring (bicyclic) bond motifs is 1. The number of nitrogens with one attached hydrogen (secondary N) is 1. The molecule has 0 bridgehead atoms. The van der Waals surface area contributed by atoms with Gasteiger partial charge in [0.15, 0.2) is 10.9 Å². The summed E-state index contributed by atoms with van der Waals surface area (Å²) in [5, 5.41) is 3.85. The maximum Gasteiger partial charge on any atom is 0.184 e. The van der Waals surface area contributed by atoms with Crippen molar-refractivity contribution in [1.29, 1.82) is 0 Å². The molecular formula is C16H14N2O2S. The fourth-order valence-electron chi connectivity index (χ4n) is 1.98. The van der Waals surface area contributed by atoms with Gasteiger partial charge in [-0.05, 0) is 36.4 Å². The molecule has 5 heteroatoms. The summed E-state index contributed by atoms with van der Waals surface area (Å²) in [6.45, 7) is 0.228. The molecule has 4 nitrogen and oxygen atoms in total. The van der Waals surface area contributed by atoms with Gasteiger partial charge in [-0.1, -0.05) is 23.5 Å². The van der Waals surface area contributed by atoms with Crippen molar-refractivity contribution in [3.8, 4) is 5.75 Å². The Labute approximate surface area is 126 Å². The molecule has 3 rings (SSSR count). The van der Waals surface area contributed by atoms with Gasteiger partial charge in [-0.15, -0.1) is 0 Å². The van der Waals surface area contributed by atoms with Gasteiger partial charge in [-0.25, -0.2) is 4.98 Å². The number of nitrogens with zero attached hydrogens (tertiary/aromatic N) is 1. The fourth-order valence-corrected chi connectivity index (χ4v) is 2.84. The standard InChI is InChI=1S/C16H14N2O2S/c1-20-12-8-6-11(7-9-12)14(19)10-17-16-18-13-4-2-3-5-15(13)21-16/h2-9H,10H2,1H3,(H,17,18). The number of methoxy groups -OCH3 is 1. The zero-order valence-electron chi connectivity index (χ0n) is 11.5. The maximum absolute atomic E-state index is 12.1. The molecule has 3 aromatic rings. The van der Waals surface area contributed by atoms with E-state index in [9.17, 15) is 4.79 Å². The summed E-state index contributed by atoms with van der Waals surface area (Å²) in [5.74, 6) is 0.766. The van der Waals surface area contributed by atoms with E-state index in [4.69, 9.17) is 4.74 Å². The van der Waals surface area contributed by atoms with E-state index in [2.05, 4.69) is 10.3 Å².